The van der Waals surface area contributed by atoms with E-state index in [1.54, 1.807) is 6.20 Å². The van der Waals surface area contributed by atoms with Gasteiger partial charge in [0.15, 0.2) is 0 Å². The van der Waals surface area contributed by atoms with Crippen molar-refractivity contribution in [3.8, 4) is 0 Å². The number of likely N-dealkylation sites (N-methyl/N-ethyl adjacent to an activating group) is 1. The van der Waals surface area contributed by atoms with Gasteiger partial charge in [-0.25, -0.2) is 4.98 Å². The number of pyridine rings is 1. The zero-order valence-electron chi connectivity index (χ0n) is 9.21. The van der Waals surface area contributed by atoms with E-state index in [1.165, 1.54) is 12.8 Å². The van der Waals surface area contributed by atoms with E-state index in [4.69, 9.17) is 11.6 Å². The van der Waals surface area contributed by atoms with Crippen molar-refractivity contribution in [2.24, 2.45) is 0 Å². The van der Waals surface area contributed by atoms with Crippen molar-refractivity contribution in [2.45, 2.75) is 18.9 Å². The average Bonchev–Trinajstić information content (AvgIpc) is 3.04. The molecule has 0 aliphatic heterocycles. The van der Waals surface area contributed by atoms with Crippen LogP contribution < -0.4 is 5.32 Å². The molecule has 0 unspecified atom stereocenters. The molecule has 0 amide bonds. The number of halogens is 2. The van der Waals surface area contributed by atoms with Crippen LogP contribution in [0, 0.1) is 0 Å². The van der Waals surface area contributed by atoms with E-state index in [-0.39, 0.29) is 0 Å². The highest BCUT2D eigenvalue weighted by Crippen LogP contribution is 2.25. The molecule has 1 aliphatic carbocycles. The Morgan fingerprint density at radius 3 is 3.00 bits per heavy atom. The van der Waals surface area contributed by atoms with Gasteiger partial charge in [-0.3, -0.25) is 0 Å². The van der Waals surface area contributed by atoms with Gasteiger partial charge in [-0.1, -0.05) is 11.6 Å². The van der Waals surface area contributed by atoms with Gasteiger partial charge in [0.05, 0.1) is 9.50 Å². The molecule has 0 radical (unpaired) electrons. The molecule has 1 saturated carbocycles. The Morgan fingerprint density at radius 1 is 1.62 bits per heavy atom. The number of nitrogens with zero attached hydrogens (tertiary/aromatic N) is 2. The van der Waals surface area contributed by atoms with Crippen LogP contribution in [0.15, 0.2) is 16.7 Å². The third kappa shape index (κ3) is 3.34. The second-order valence-electron chi connectivity index (χ2n) is 4.12. The largest absolute Gasteiger partial charge is 0.368 e. The normalized spacial score (nSPS) is 15.5. The third-order valence-electron chi connectivity index (χ3n) is 2.73. The number of nitrogens with one attached hydrogen (secondary N) is 1. The number of hydrogen-bond donors (Lipinski definition) is 1. The minimum Gasteiger partial charge on any atom is -0.368 e. The predicted octanol–water partition coefficient (Wildman–Crippen LogP) is 3.00. The highest BCUT2D eigenvalue weighted by molar-refractivity contribution is 9.10. The summed E-state index contributed by atoms with van der Waals surface area (Å²) in [6.45, 7) is 1.95. The van der Waals surface area contributed by atoms with E-state index in [0.29, 0.717) is 5.02 Å². The molecule has 2 rings (SSSR count). The van der Waals surface area contributed by atoms with Crippen molar-refractivity contribution < 1.29 is 0 Å². The van der Waals surface area contributed by atoms with Gasteiger partial charge in [-0.2, -0.15) is 0 Å². The van der Waals surface area contributed by atoms with Crippen LogP contribution in [0.2, 0.25) is 5.02 Å². The van der Waals surface area contributed by atoms with E-state index < -0.39 is 0 Å². The lowest BCUT2D eigenvalue weighted by molar-refractivity contribution is 0.337. The standard InChI is InChI=1S/C11H15BrClN3/c1-16(9-2-3-9)5-4-14-11-10(12)6-8(13)7-15-11/h6-7,9H,2-5H2,1H3,(H,14,15). The van der Waals surface area contributed by atoms with E-state index in [0.717, 1.165) is 29.4 Å². The Kier molecular flexibility index (Phi) is 4.05. The summed E-state index contributed by atoms with van der Waals surface area (Å²) in [5, 5.41) is 3.94. The molecular formula is C11H15BrClN3. The Morgan fingerprint density at radius 2 is 2.38 bits per heavy atom. The minimum absolute atomic E-state index is 0.646. The molecule has 1 aromatic heterocycles. The molecule has 16 heavy (non-hydrogen) atoms. The minimum atomic E-state index is 0.646. The molecule has 0 saturated heterocycles. The van der Waals surface area contributed by atoms with Gasteiger partial charge in [0, 0.05) is 25.3 Å². The summed E-state index contributed by atoms with van der Waals surface area (Å²) in [5.74, 6) is 0.855. The predicted molar refractivity (Wildman–Crippen MR) is 71.1 cm³/mol. The second kappa shape index (κ2) is 5.34. The van der Waals surface area contributed by atoms with E-state index in [2.05, 4.69) is 38.2 Å². The maximum absolute atomic E-state index is 5.82. The molecule has 1 heterocycles. The zero-order chi connectivity index (χ0) is 11.5. The first-order valence-electron chi connectivity index (χ1n) is 5.42. The SMILES string of the molecule is CN(CCNc1ncc(Cl)cc1Br)C1CC1. The third-order valence-corrected chi connectivity index (χ3v) is 3.55. The summed E-state index contributed by atoms with van der Waals surface area (Å²) in [6, 6.07) is 2.66. The number of hydrogen-bond acceptors (Lipinski definition) is 3. The smallest absolute Gasteiger partial charge is 0.140 e. The molecule has 1 aromatic rings. The molecule has 0 bridgehead atoms. The fourth-order valence-corrected chi connectivity index (χ4v) is 2.37. The van der Waals surface area contributed by atoms with Gasteiger partial charge < -0.3 is 10.2 Å². The summed E-state index contributed by atoms with van der Waals surface area (Å²) in [7, 11) is 2.17. The highest BCUT2D eigenvalue weighted by atomic mass is 79.9. The molecule has 1 N–H and O–H groups in total. The first-order chi connectivity index (χ1) is 7.66. The molecule has 1 aliphatic rings. The van der Waals surface area contributed by atoms with Gasteiger partial charge in [-0.15, -0.1) is 0 Å². The first-order valence-corrected chi connectivity index (χ1v) is 6.59. The van der Waals surface area contributed by atoms with Gasteiger partial charge in [0.25, 0.3) is 0 Å². The fourth-order valence-electron chi connectivity index (χ4n) is 1.59. The first kappa shape index (κ1) is 12.1. The van der Waals surface area contributed by atoms with Gasteiger partial charge in [0.1, 0.15) is 5.82 Å². The molecule has 0 spiro atoms. The van der Waals surface area contributed by atoms with Crippen LogP contribution >= 0.6 is 27.5 Å². The maximum Gasteiger partial charge on any atom is 0.140 e. The fraction of sp³-hybridized carbons (Fsp3) is 0.545. The van der Waals surface area contributed by atoms with Crippen LogP contribution in [0.5, 0.6) is 0 Å². The summed E-state index contributed by atoms with van der Waals surface area (Å²) in [5.41, 5.74) is 0. The molecule has 0 aromatic carbocycles. The van der Waals surface area contributed by atoms with Crippen molar-refractivity contribution in [3.05, 3.63) is 21.8 Å². The van der Waals surface area contributed by atoms with Crippen LogP contribution in [0.4, 0.5) is 5.82 Å². The topological polar surface area (TPSA) is 28.2 Å². The van der Waals surface area contributed by atoms with Crippen LogP contribution in [-0.2, 0) is 0 Å². The molecule has 1 fully saturated rings. The Hall–Kier alpha value is -0.320. The lowest BCUT2D eigenvalue weighted by atomic mass is 10.4. The Labute approximate surface area is 109 Å². The number of anilines is 1. The maximum atomic E-state index is 5.82. The number of aromatic nitrogens is 1. The van der Waals surface area contributed by atoms with E-state index >= 15 is 0 Å². The summed E-state index contributed by atoms with van der Waals surface area (Å²) >= 11 is 9.26. The van der Waals surface area contributed by atoms with Crippen LogP contribution in [0.3, 0.4) is 0 Å². The Balaban J connectivity index is 1.80. The Bertz CT molecular complexity index is 368. The van der Waals surface area contributed by atoms with E-state index in [1.807, 2.05) is 6.07 Å². The summed E-state index contributed by atoms with van der Waals surface area (Å²) in [4.78, 5) is 6.61. The molecular weight excluding hydrogens is 289 g/mol. The molecule has 3 nitrogen and oxygen atoms in total. The quantitative estimate of drug-likeness (QED) is 0.906. The van der Waals surface area contributed by atoms with Crippen molar-refractivity contribution in [1.29, 1.82) is 0 Å². The van der Waals surface area contributed by atoms with Crippen LogP contribution in [-0.4, -0.2) is 36.1 Å². The molecule has 88 valence electrons. The van der Waals surface area contributed by atoms with Gasteiger partial charge in [-0.05, 0) is 41.9 Å². The monoisotopic (exact) mass is 303 g/mol. The molecule has 5 heteroatoms. The van der Waals surface area contributed by atoms with Crippen molar-refractivity contribution in [2.75, 3.05) is 25.5 Å². The lowest BCUT2D eigenvalue weighted by Crippen LogP contribution is -2.27. The van der Waals surface area contributed by atoms with Gasteiger partial charge >= 0.3 is 0 Å². The molecule has 0 atom stereocenters. The second-order valence-corrected chi connectivity index (χ2v) is 5.41. The lowest BCUT2D eigenvalue weighted by Gasteiger charge is -2.16. The van der Waals surface area contributed by atoms with E-state index in [9.17, 15) is 0 Å². The number of rotatable bonds is 5. The van der Waals surface area contributed by atoms with Crippen LogP contribution in [0.1, 0.15) is 12.8 Å². The summed E-state index contributed by atoms with van der Waals surface area (Å²) < 4.78 is 0.911. The van der Waals surface area contributed by atoms with Gasteiger partial charge in [0.2, 0.25) is 0 Å². The summed E-state index contributed by atoms with van der Waals surface area (Å²) in [6.07, 6.45) is 4.35. The average molecular weight is 305 g/mol. The van der Waals surface area contributed by atoms with Crippen molar-refractivity contribution in [3.63, 3.8) is 0 Å². The van der Waals surface area contributed by atoms with Crippen molar-refractivity contribution >= 4 is 33.3 Å². The van der Waals surface area contributed by atoms with Crippen molar-refractivity contribution in [1.82, 2.24) is 9.88 Å². The van der Waals surface area contributed by atoms with Crippen LogP contribution in [0.25, 0.3) is 0 Å². The highest BCUT2D eigenvalue weighted by Gasteiger charge is 2.25. The zero-order valence-corrected chi connectivity index (χ0v) is 11.6.